The summed E-state index contributed by atoms with van der Waals surface area (Å²) in [4.78, 5) is 14.7. The third-order valence-electron chi connectivity index (χ3n) is 5.37. The number of rotatable bonds is 5. The molecule has 2 aliphatic heterocycles. The van der Waals surface area contributed by atoms with Gasteiger partial charge in [0.15, 0.2) is 18.1 Å². The molecular weight excluding hydrogens is 429 g/mol. The van der Waals surface area contributed by atoms with Crippen LogP contribution in [0.5, 0.6) is 17.2 Å². The molecule has 5 nitrogen and oxygen atoms in total. The third kappa shape index (κ3) is 4.09. The average Bonchev–Trinajstić information content (AvgIpc) is 2.93. The molecule has 0 aromatic heterocycles. The summed E-state index contributed by atoms with van der Waals surface area (Å²) >= 11 is 3.27. The Hall–Kier alpha value is -2.28. The summed E-state index contributed by atoms with van der Waals surface area (Å²) < 4.78 is 25.3. The molecule has 2 aromatic rings. The number of hydrogen-bond donors (Lipinski definition) is 1. The number of ether oxygens (including phenoxy) is 2. The Morgan fingerprint density at radius 3 is 2.46 bits per heavy atom. The first kappa shape index (κ1) is 19.1. The predicted octanol–water partition coefficient (Wildman–Crippen LogP) is 4.27. The molecule has 2 saturated heterocycles. The molecule has 1 N–H and O–H groups in total. The largest absolute Gasteiger partial charge is 0.504 e. The molecular formula is C21H21BrFNO4. The smallest absolute Gasteiger partial charge is 0.261 e. The molecule has 148 valence electrons. The maximum Gasteiger partial charge on any atom is 0.261 e. The zero-order chi connectivity index (χ0) is 19.7. The summed E-state index contributed by atoms with van der Waals surface area (Å²) in [5, 5.41) is 9.90. The van der Waals surface area contributed by atoms with E-state index in [0.717, 1.165) is 30.2 Å². The van der Waals surface area contributed by atoms with Gasteiger partial charge in [0.05, 0.1) is 0 Å². The fourth-order valence-electron chi connectivity index (χ4n) is 4.16. The number of carbonyl (C=O) groups is 1. The third-order valence-corrected chi connectivity index (χ3v) is 5.86. The molecule has 28 heavy (non-hydrogen) atoms. The Bertz CT molecular complexity index is 846. The van der Waals surface area contributed by atoms with Gasteiger partial charge in [0, 0.05) is 29.4 Å². The Morgan fingerprint density at radius 2 is 1.82 bits per heavy atom. The van der Waals surface area contributed by atoms with Crippen molar-refractivity contribution in [1.82, 2.24) is 4.90 Å². The summed E-state index contributed by atoms with van der Waals surface area (Å²) in [5.74, 6) is 0.578. The van der Waals surface area contributed by atoms with E-state index in [1.165, 1.54) is 18.2 Å². The van der Waals surface area contributed by atoms with Crippen LogP contribution >= 0.6 is 15.9 Å². The molecule has 2 bridgehead atoms. The van der Waals surface area contributed by atoms with Crippen LogP contribution in [0.4, 0.5) is 4.39 Å². The topological polar surface area (TPSA) is 59.0 Å². The lowest BCUT2D eigenvalue weighted by molar-refractivity contribution is -0.139. The first-order valence-corrected chi connectivity index (χ1v) is 10.1. The highest BCUT2D eigenvalue weighted by Gasteiger charge is 2.44. The van der Waals surface area contributed by atoms with Crippen molar-refractivity contribution in [2.45, 2.75) is 43.9 Å². The van der Waals surface area contributed by atoms with Crippen molar-refractivity contribution in [3.63, 3.8) is 0 Å². The lowest BCUT2D eigenvalue weighted by Gasteiger charge is -2.38. The van der Waals surface area contributed by atoms with Gasteiger partial charge in [-0.15, -0.1) is 0 Å². The summed E-state index contributed by atoms with van der Waals surface area (Å²) in [7, 11) is 0. The number of nitrogens with zero attached hydrogens (tertiary/aromatic N) is 1. The van der Waals surface area contributed by atoms with Crippen molar-refractivity contribution in [3.05, 3.63) is 52.8 Å². The Balaban J connectivity index is 1.35. The minimum absolute atomic E-state index is 0.00319. The Labute approximate surface area is 171 Å². The molecule has 0 aliphatic carbocycles. The number of phenols is 1. The minimum Gasteiger partial charge on any atom is -0.504 e. The molecule has 0 saturated carbocycles. The molecule has 2 heterocycles. The fraction of sp³-hybridized carbons (Fsp3) is 0.381. The van der Waals surface area contributed by atoms with E-state index in [1.807, 2.05) is 4.90 Å². The van der Waals surface area contributed by atoms with Crippen molar-refractivity contribution in [2.24, 2.45) is 0 Å². The summed E-state index contributed by atoms with van der Waals surface area (Å²) in [6.07, 6.45) is 3.42. The molecule has 0 radical (unpaired) electrons. The normalized spacial score (nSPS) is 23.5. The van der Waals surface area contributed by atoms with Crippen molar-refractivity contribution in [3.8, 4) is 17.2 Å². The second kappa shape index (κ2) is 7.99. The van der Waals surface area contributed by atoms with Crippen LogP contribution in [0.15, 0.2) is 46.9 Å². The zero-order valence-electron chi connectivity index (χ0n) is 15.2. The second-order valence-corrected chi connectivity index (χ2v) is 8.17. The number of amides is 1. The molecule has 3 atom stereocenters. The fourth-order valence-corrected chi connectivity index (χ4v) is 4.51. The van der Waals surface area contributed by atoms with Gasteiger partial charge in [-0.2, -0.15) is 0 Å². The molecule has 2 fully saturated rings. The van der Waals surface area contributed by atoms with Crippen molar-refractivity contribution in [1.29, 1.82) is 0 Å². The van der Waals surface area contributed by atoms with Crippen LogP contribution in [0.1, 0.15) is 25.7 Å². The van der Waals surface area contributed by atoms with Crippen LogP contribution in [0.25, 0.3) is 0 Å². The van der Waals surface area contributed by atoms with E-state index in [9.17, 15) is 14.3 Å². The van der Waals surface area contributed by atoms with Gasteiger partial charge in [-0.25, -0.2) is 4.39 Å². The zero-order valence-corrected chi connectivity index (χ0v) is 16.8. The van der Waals surface area contributed by atoms with E-state index in [1.54, 1.807) is 24.3 Å². The number of benzene rings is 2. The maximum absolute atomic E-state index is 13.0. The van der Waals surface area contributed by atoms with Crippen molar-refractivity contribution < 1.29 is 23.8 Å². The van der Waals surface area contributed by atoms with Crippen LogP contribution < -0.4 is 9.47 Å². The molecule has 7 heteroatoms. The number of hydrogen-bond acceptors (Lipinski definition) is 4. The summed E-state index contributed by atoms with van der Waals surface area (Å²) in [6, 6.07) is 11.2. The number of aromatic hydroxyl groups is 1. The molecule has 0 spiro atoms. The van der Waals surface area contributed by atoms with Crippen LogP contribution in [-0.4, -0.2) is 40.7 Å². The molecule has 1 amide bonds. The van der Waals surface area contributed by atoms with Gasteiger partial charge in [0.1, 0.15) is 17.7 Å². The van der Waals surface area contributed by atoms with Crippen LogP contribution in [0.2, 0.25) is 0 Å². The van der Waals surface area contributed by atoms with Gasteiger partial charge in [-0.3, -0.25) is 4.79 Å². The van der Waals surface area contributed by atoms with Gasteiger partial charge < -0.3 is 19.5 Å². The van der Waals surface area contributed by atoms with Gasteiger partial charge in [-0.05, 0) is 55.3 Å². The summed E-state index contributed by atoms with van der Waals surface area (Å²) in [5.41, 5.74) is 0. The monoisotopic (exact) mass is 449 g/mol. The number of carbonyl (C=O) groups excluding carboxylic acids is 1. The Morgan fingerprint density at radius 1 is 1.14 bits per heavy atom. The first-order valence-electron chi connectivity index (χ1n) is 9.34. The van der Waals surface area contributed by atoms with E-state index in [0.29, 0.717) is 11.5 Å². The SMILES string of the molecule is O=C(COc1ccc(Br)cc1O)N1[C@@H]2CC[C@H]1CC(Oc1ccc(F)cc1)C2. The van der Waals surface area contributed by atoms with Gasteiger partial charge in [0.2, 0.25) is 0 Å². The standard InChI is InChI=1S/C21H21BrFNO4/c22-13-1-8-20(19(25)9-13)27-12-21(26)24-15-4-5-16(24)11-18(10-15)28-17-6-2-14(23)3-7-17/h1-3,6-9,15-16,18,25H,4-5,10-12H2/t15-,16+,18?. The molecule has 1 unspecified atom stereocenters. The lowest BCUT2D eigenvalue weighted by Crippen LogP contribution is -2.50. The first-order chi connectivity index (χ1) is 13.5. The second-order valence-electron chi connectivity index (χ2n) is 7.25. The maximum atomic E-state index is 13.0. The van der Waals surface area contributed by atoms with Gasteiger partial charge in [0.25, 0.3) is 5.91 Å². The quantitative estimate of drug-likeness (QED) is 0.739. The van der Waals surface area contributed by atoms with Crippen molar-refractivity contribution in [2.75, 3.05) is 6.61 Å². The average molecular weight is 450 g/mol. The highest BCUT2D eigenvalue weighted by molar-refractivity contribution is 9.10. The minimum atomic E-state index is -0.287. The van der Waals surface area contributed by atoms with Crippen LogP contribution in [-0.2, 0) is 4.79 Å². The molecule has 4 rings (SSSR count). The van der Waals surface area contributed by atoms with E-state index < -0.39 is 0 Å². The van der Waals surface area contributed by atoms with E-state index in [2.05, 4.69) is 15.9 Å². The van der Waals surface area contributed by atoms with E-state index in [4.69, 9.17) is 9.47 Å². The number of fused-ring (bicyclic) bond motifs is 2. The number of piperidine rings is 1. The predicted molar refractivity (Wildman–Crippen MR) is 105 cm³/mol. The highest BCUT2D eigenvalue weighted by atomic mass is 79.9. The Kier molecular flexibility index (Phi) is 5.44. The van der Waals surface area contributed by atoms with E-state index in [-0.39, 0.29) is 42.3 Å². The summed E-state index contributed by atoms with van der Waals surface area (Å²) in [6.45, 7) is -0.105. The van der Waals surface area contributed by atoms with E-state index >= 15 is 0 Å². The lowest BCUT2D eigenvalue weighted by atomic mass is 9.99. The van der Waals surface area contributed by atoms with Gasteiger partial charge >= 0.3 is 0 Å². The highest BCUT2D eigenvalue weighted by Crippen LogP contribution is 2.37. The number of phenolic OH excluding ortho intramolecular Hbond substituents is 1. The molecule has 2 aromatic carbocycles. The number of halogens is 2. The van der Waals surface area contributed by atoms with Crippen molar-refractivity contribution >= 4 is 21.8 Å². The van der Waals surface area contributed by atoms with Crippen LogP contribution in [0.3, 0.4) is 0 Å². The molecule has 2 aliphatic rings. The van der Waals surface area contributed by atoms with Crippen LogP contribution in [0, 0.1) is 5.82 Å². The van der Waals surface area contributed by atoms with Gasteiger partial charge in [-0.1, -0.05) is 15.9 Å².